The van der Waals surface area contributed by atoms with Crippen molar-refractivity contribution in [2.24, 2.45) is 5.10 Å². The van der Waals surface area contributed by atoms with Crippen molar-refractivity contribution in [2.45, 2.75) is 0 Å². The summed E-state index contributed by atoms with van der Waals surface area (Å²) in [5, 5.41) is 18.0. The maximum absolute atomic E-state index is 13.6. The maximum Gasteiger partial charge on any atom is 0.208 e. The van der Waals surface area contributed by atoms with Gasteiger partial charge < -0.3 is 15.4 Å². The van der Waals surface area contributed by atoms with Gasteiger partial charge in [-0.25, -0.2) is 19.8 Å². The van der Waals surface area contributed by atoms with E-state index in [1.165, 1.54) is 30.6 Å². The number of ether oxygens (including phenoxy) is 1. The molecule has 3 aromatic carbocycles. The summed E-state index contributed by atoms with van der Waals surface area (Å²) in [4.78, 5) is 20.3. The standard InChI is InChI=1S/C24H19ClFN7O2/c1-28-24(27)33-31-11-14-5-7-19-18(9-14)23(30-13-29-19)32-22-15(12-34)6-8-20(21(22)25)35-17-4-2-3-16(26)10-17/h2-13H,1H3,(H3,27,28,33)(H,29,30,32)/b31-11+. The zero-order chi connectivity index (χ0) is 24.8. The van der Waals surface area contributed by atoms with Crippen LogP contribution in [0.15, 0.2) is 66.0 Å². The van der Waals surface area contributed by atoms with E-state index in [1.807, 2.05) is 6.07 Å². The summed E-state index contributed by atoms with van der Waals surface area (Å²) in [5.74, 6) is 0.479. The molecule has 0 saturated carbocycles. The molecular formula is C24H19ClFN7O2. The van der Waals surface area contributed by atoms with Crippen LogP contribution in [0.4, 0.5) is 15.9 Å². The number of nitrogens with zero attached hydrogens (tertiary/aromatic N) is 3. The lowest BCUT2D eigenvalue weighted by Crippen LogP contribution is -2.29. The average molecular weight is 492 g/mol. The van der Waals surface area contributed by atoms with Crippen molar-refractivity contribution in [3.63, 3.8) is 0 Å². The first-order valence-electron chi connectivity index (χ1n) is 10.3. The summed E-state index contributed by atoms with van der Waals surface area (Å²) in [5.41, 5.74) is 4.46. The number of hydrazone groups is 1. The molecule has 35 heavy (non-hydrogen) atoms. The minimum Gasteiger partial charge on any atom is -0.456 e. The van der Waals surface area contributed by atoms with Crippen LogP contribution in [0.1, 0.15) is 15.9 Å². The third kappa shape index (κ3) is 5.50. The molecule has 0 aliphatic carbocycles. The first-order valence-corrected chi connectivity index (χ1v) is 10.6. The molecule has 0 bridgehead atoms. The van der Waals surface area contributed by atoms with Crippen LogP contribution in [-0.4, -0.2) is 35.5 Å². The molecule has 0 fully saturated rings. The Bertz CT molecular complexity index is 1450. The number of nitrogens with one attached hydrogen (secondary N) is 4. The molecule has 1 heterocycles. The molecule has 0 unspecified atom stereocenters. The number of halogens is 2. The van der Waals surface area contributed by atoms with E-state index in [1.54, 1.807) is 37.5 Å². The van der Waals surface area contributed by atoms with Crippen molar-refractivity contribution in [2.75, 3.05) is 12.4 Å². The van der Waals surface area contributed by atoms with E-state index in [0.29, 0.717) is 23.0 Å². The highest BCUT2D eigenvalue weighted by Crippen LogP contribution is 2.39. The second-order valence-corrected chi connectivity index (χ2v) is 7.52. The van der Waals surface area contributed by atoms with Crippen LogP contribution >= 0.6 is 11.6 Å². The van der Waals surface area contributed by atoms with Gasteiger partial charge in [0.05, 0.1) is 17.4 Å². The lowest BCUT2D eigenvalue weighted by Gasteiger charge is -2.15. The van der Waals surface area contributed by atoms with E-state index in [-0.39, 0.29) is 33.7 Å². The molecule has 0 aliphatic heterocycles. The van der Waals surface area contributed by atoms with Crippen LogP contribution in [0.5, 0.6) is 11.5 Å². The van der Waals surface area contributed by atoms with Gasteiger partial charge in [-0.2, -0.15) is 5.10 Å². The van der Waals surface area contributed by atoms with Gasteiger partial charge in [0, 0.05) is 24.1 Å². The Morgan fingerprint density at radius 3 is 2.80 bits per heavy atom. The predicted octanol–water partition coefficient (Wildman–Crippen LogP) is 4.85. The molecule has 4 aromatic rings. The van der Waals surface area contributed by atoms with Crippen LogP contribution in [0, 0.1) is 11.2 Å². The van der Waals surface area contributed by atoms with Gasteiger partial charge in [-0.05, 0) is 42.0 Å². The number of hydrogen-bond donors (Lipinski definition) is 4. The number of rotatable bonds is 7. The highest BCUT2D eigenvalue weighted by Gasteiger charge is 2.16. The monoisotopic (exact) mass is 491 g/mol. The van der Waals surface area contributed by atoms with E-state index in [4.69, 9.17) is 21.7 Å². The van der Waals surface area contributed by atoms with E-state index in [0.717, 1.165) is 5.56 Å². The highest BCUT2D eigenvalue weighted by atomic mass is 35.5. The summed E-state index contributed by atoms with van der Waals surface area (Å²) >= 11 is 6.59. The Balaban J connectivity index is 1.70. The van der Waals surface area contributed by atoms with Gasteiger partial charge in [0.25, 0.3) is 0 Å². The number of fused-ring (bicyclic) bond motifs is 1. The summed E-state index contributed by atoms with van der Waals surface area (Å²) in [6, 6.07) is 14.1. The first-order chi connectivity index (χ1) is 17.0. The molecule has 176 valence electrons. The highest BCUT2D eigenvalue weighted by molar-refractivity contribution is 6.35. The van der Waals surface area contributed by atoms with Gasteiger partial charge in [-0.3, -0.25) is 10.2 Å². The normalized spacial score (nSPS) is 10.8. The average Bonchev–Trinajstić information content (AvgIpc) is 2.86. The molecule has 4 rings (SSSR count). The number of aldehydes is 1. The zero-order valence-corrected chi connectivity index (χ0v) is 19.1. The van der Waals surface area contributed by atoms with Gasteiger partial charge in [0.1, 0.15) is 34.5 Å². The number of carbonyl (C=O) groups excluding carboxylic acids is 1. The molecule has 9 nitrogen and oxygen atoms in total. The zero-order valence-electron chi connectivity index (χ0n) is 18.3. The number of guanidine groups is 1. The van der Waals surface area contributed by atoms with E-state index < -0.39 is 5.82 Å². The second kappa shape index (κ2) is 10.6. The first kappa shape index (κ1) is 23.6. The Kier molecular flexibility index (Phi) is 7.12. The fourth-order valence-corrected chi connectivity index (χ4v) is 3.39. The molecule has 4 N–H and O–H groups in total. The molecule has 0 saturated heterocycles. The van der Waals surface area contributed by atoms with E-state index in [9.17, 15) is 9.18 Å². The van der Waals surface area contributed by atoms with E-state index >= 15 is 0 Å². The van der Waals surface area contributed by atoms with Crippen molar-refractivity contribution in [3.8, 4) is 11.5 Å². The van der Waals surface area contributed by atoms with Gasteiger partial charge >= 0.3 is 0 Å². The SMILES string of the molecule is CNC(=N)N/N=C/c1ccc2ncnc(Nc3c(C=O)ccc(Oc4cccc(F)c4)c3Cl)c2c1. The summed E-state index contributed by atoms with van der Waals surface area (Å²) < 4.78 is 19.3. The largest absolute Gasteiger partial charge is 0.456 e. The van der Waals surface area contributed by atoms with Crippen LogP contribution in [0.25, 0.3) is 10.9 Å². The van der Waals surface area contributed by atoms with Crippen LogP contribution < -0.4 is 20.8 Å². The molecule has 0 amide bonds. The molecule has 0 atom stereocenters. The third-order valence-electron chi connectivity index (χ3n) is 4.83. The number of aromatic nitrogens is 2. The molecule has 11 heteroatoms. The minimum absolute atomic E-state index is 0.0455. The van der Waals surface area contributed by atoms with Crippen LogP contribution in [0.2, 0.25) is 5.02 Å². The molecular weight excluding hydrogens is 473 g/mol. The Hall–Kier alpha value is -4.57. The van der Waals surface area contributed by atoms with Crippen LogP contribution in [0.3, 0.4) is 0 Å². The second-order valence-electron chi connectivity index (χ2n) is 7.14. The van der Waals surface area contributed by atoms with Gasteiger partial charge in [0.2, 0.25) is 5.96 Å². The molecule has 1 aromatic heterocycles. The van der Waals surface area contributed by atoms with Gasteiger partial charge in [-0.15, -0.1) is 0 Å². The molecule has 0 aliphatic rings. The number of carbonyl (C=O) groups is 1. The lowest BCUT2D eigenvalue weighted by atomic mass is 10.1. The molecule has 0 spiro atoms. The molecule has 0 radical (unpaired) electrons. The quantitative estimate of drug-likeness (QED) is 0.126. The summed E-state index contributed by atoms with van der Waals surface area (Å²) in [6.07, 6.45) is 3.58. The predicted molar refractivity (Wildman–Crippen MR) is 134 cm³/mol. The number of benzene rings is 3. The van der Waals surface area contributed by atoms with Crippen molar-refractivity contribution >= 4 is 52.5 Å². The van der Waals surface area contributed by atoms with Crippen molar-refractivity contribution < 1.29 is 13.9 Å². The smallest absolute Gasteiger partial charge is 0.208 e. The Morgan fingerprint density at radius 1 is 1.17 bits per heavy atom. The van der Waals surface area contributed by atoms with Gasteiger partial charge in [-0.1, -0.05) is 23.7 Å². The van der Waals surface area contributed by atoms with E-state index in [2.05, 4.69) is 31.1 Å². The maximum atomic E-state index is 13.6. The number of hydrogen-bond acceptors (Lipinski definition) is 7. The summed E-state index contributed by atoms with van der Waals surface area (Å²) in [6.45, 7) is 0. The number of anilines is 2. The van der Waals surface area contributed by atoms with Gasteiger partial charge in [0.15, 0.2) is 6.29 Å². The van der Waals surface area contributed by atoms with Crippen molar-refractivity contribution in [3.05, 3.63) is 82.9 Å². The Labute approximate surface area is 204 Å². The van der Waals surface area contributed by atoms with Crippen molar-refractivity contribution in [1.82, 2.24) is 20.7 Å². The fraction of sp³-hybridized carbons (Fsp3) is 0.0417. The lowest BCUT2D eigenvalue weighted by molar-refractivity contribution is 0.112. The fourth-order valence-electron chi connectivity index (χ4n) is 3.13. The topological polar surface area (TPSA) is 124 Å². The van der Waals surface area contributed by atoms with Crippen LogP contribution in [-0.2, 0) is 0 Å². The Morgan fingerprint density at radius 2 is 2.03 bits per heavy atom. The third-order valence-corrected chi connectivity index (χ3v) is 5.21. The minimum atomic E-state index is -0.453. The van der Waals surface area contributed by atoms with Crippen molar-refractivity contribution in [1.29, 1.82) is 5.41 Å². The summed E-state index contributed by atoms with van der Waals surface area (Å²) in [7, 11) is 1.60.